The number of nitrogens with zero attached hydrogens (tertiary/aromatic N) is 1. The van der Waals surface area contributed by atoms with E-state index >= 15 is 0 Å². The minimum absolute atomic E-state index is 0.812. The number of thiophene rings is 1. The van der Waals surface area contributed by atoms with Crippen LogP contribution in [0, 0.1) is 5.92 Å². The molecule has 2 aliphatic rings. The summed E-state index contributed by atoms with van der Waals surface area (Å²) in [4.78, 5) is 4.54. The minimum Gasteiger partial charge on any atom is -0.304 e. The molecule has 80 valence electrons. The molecule has 15 heavy (non-hydrogen) atoms. The summed E-state index contributed by atoms with van der Waals surface area (Å²) in [5.74, 6) is 2.12. The molecule has 1 saturated carbocycles. The van der Waals surface area contributed by atoms with Gasteiger partial charge in [-0.1, -0.05) is 23.4 Å². The van der Waals surface area contributed by atoms with Gasteiger partial charge in [-0.25, -0.2) is 4.99 Å². The van der Waals surface area contributed by atoms with Crippen LogP contribution in [0.25, 0.3) is 0 Å². The Labute approximate surface area is 106 Å². The maximum Gasteiger partial charge on any atom is 0.172 e. The summed E-state index contributed by atoms with van der Waals surface area (Å²) >= 11 is 11.0. The molecule has 3 rings (SSSR count). The Morgan fingerprint density at radius 2 is 2.47 bits per heavy atom. The van der Waals surface area contributed by atoms with E-state index in [9.17, 15) is 0 Å². The third-order valence-corrected chi connectivity index (χ3v) is 5.73. The molecule has 6 heteroatoms. The van der Waals surface area contributed by atoms with Gasteiger partial charge in [0.05, 0.1) is 10.0 Å². The van der Waals surface area contributed by atoms with E-state index in [1.54, 1.807) is 23.3 Å². The van der Waals surface area contributed by atoms with Gasteiger partial charge in [-0.2, -0.15) is 0 Å². The van der Waals surface area contributed by atoms with Gasteiger partial charge in [-0.3, -0.25) is 0 Å². The average molecular weight is 277 g/mol. The van der Waals surface area contributed by atoms with Gasteiger partial charge in [-0.15, -0.1) is 11.3 Å². The van der Waals surface area contributed by atoms with Crippen molar-refractivity contribution in [1.29, 1.82) is 0 Å². The van der Waals surface area contributed by atoms with E-state index in [1.165, 1.54) is 18.6 Å². The number of fused-ring (bicyclic) bond motifs is 1. The highest BCUT2D eigenvalue weighted by molar-refractivity contribution is 8.15. The fraction of sp³-hybridized carbons (Fsp3) is 0.444. The summed E-state index contributed by atoms with van der Waals surface area (Å²) in [6.07, 6.45) is 2.78. The summed E-state index contributed by atoms with van der Waals surface area (Å²) in [5.41, 5.74) is 1.02. The van der Waals surface area contributed by atoms with Crippen LogP contribution in [0.4, 0.5) is 5.69 Å². The van der Waals surface area contributed by atoms with E-state index in [2.05, 4.69) is 9.71 Å². The maximum atomic E-state index is 5.94. The Hall–Kier alpha value is 0.160. The smallest absolute Gasteiger partial charge is 0.172 e. The lowest BCUT2D eigenvalue weighted by Gasteiger charge is -2.12. The summed E-state index contributed by atoms with van der Waals surface area (Å²) < 4.78 is 5.23. The molecule has 1 aromatic heterocycles. The van der Waals surface area contributed by atoms with Crippen LogP contribution in [-0.2, 0) is 0 Å². The van der Waals surface area contributed by atoms with Gasteiger partial charge in [-0.05, 0) is 36.8 Å². The molecule has 1 aromatic rings. The zero-order valence-electron chi connectivity index (χ0n) is 7.83. The molecule has 2 nitrogen and oxygen atoms in total. The lowest BCUT2D eigenvalue weighted by atomic mass is 10.5. The molecule has 0 amide bonds. The van der Waals surface area contributed by atoms with Crippen LogP contribution >= 0.6 is 46.6 Å². The fourth-order valence-electron chi connectivity index (χ4n) is 1.25. The zero-order chi connectivity index (χ0) is 10.3. The van der Waals surface area contributed by atoms with Crippen molar-refractivity contribution in [3.05, 3.63) is 10.4 Å². The van der Waals surface area contributed by atoms with Crippen LogP contribution in [0.15, 0.2) is 15.3 Å². The third-order valence-electron chi connectivity index (χ3n) is 2.26. The zero-order valence-corrected chi connectivity index (χ0v) is 11.0. The third kappa shape index (κ3) is 2.46. The average Bonchev–Trinajstić information content (AvgIpc) is 2.96. The van der Waals surface area contributed by atoms with Crippen LogP contribution in [-0.4, -0.2) is 10.9 Å². The van der Waals surface area contributed by atoms with Crippen LogP contribution in [0.1, 0.15) is 12.8 Å². The van der Waals surface area contributed by atoms with Crippen molar-refractivity contribution in [2.45, 2.75) is 17.1 Å². The first-order valence-corrected chi connectivity index (χ1v) is 7.74. The second-order valence-electron chi connectivity index (χ2n) is 3.60. The maximum absolute atomic E-state index is 5.94. The summed E-state index contributed by atoms with van der Waals surface area (Å²) in [7, 11) is 0. The van der Waals surface area contributed by atoms with Crippen molar-refractivity contribution in [1.82, 2.24) is 4.72 Å². The van der Waals surface area contributed by atoms with E-state index in [0.29, 0.717) is 0 Å². The predicted molar refractivity (Wildman–Crippen MR) is 70.6 cm³/mol. The highest BCUT2D eigenvalue weighted by atomic mass is 35.5. The quantitative estimate of drug-likeness (QED) is 0.822. The van der Waals surface area contributed by atoms with Gasteiger partial charge in [0.25, 0.3) is 0 Å². The van der Waals surface area contributed by atoms with Gasteiger partial charge < -0.3 is 4.72 Å². The van der Waals surface area contributed by atoms with Gasteiger partial charge in [0.15, 0.2) is 5.17 Å². The minimum atomic E-state index is 0.812. The Morgan fingerprint density at radius 1 is 1.60 bits per heavy atom. The van der Waals surface area contributed by atoms with Gasteiger partial charge in [0.1, 0.15) is 4.21 Å². The Morgan fingerprint density at radius 3 is 3.27 bits per heavy atom. The highest BCUT2D eigenvalue weighted by Gasteiger charge is 2.23. The topological polar surface area (TPSA) is 24.4 Å². The van der Waals surface area contributed by atoms with E-state index in [1.807, 2.05) is 17.8 Å². The second-order valence-corrected chi connectivity index (χ2v) is 7.37. The monoisotopic (exact) mass is 276 g/mol. The molecule has 1 aliphatic carbocycles. The normalized spacial score (nSPS) is 19.4. The number of hydrogen-bond acceptors (Lipinski definition) is 5. The van der Waals surface area contributed by atoms with E-state index < -0.39 is 0 Å². The van der Waals surface area contributed by atoms with Crippen LogP contribution in [0.3, 0.4) is 0 Å². The molecule has 1 aliphatic heterocycles. The van der Waals surface area contributed by atoms with Gasteiger partial charge in [0, 0.05) is 5.75 Å². The Bertz CT molecular complexity index is 411. The standard InChI is InChI=1S/C9H9ClN2S3/c10-7-3-6-8(14-7)15-12-9(11-6)13-4-5-1-2-5/h3,5H,1-2,4H2,(H,11,12). The molecule has 0 aromatic carbocycles. The van der Waals surface area contributed by atoms with Crippen LogP contribution in [0.5, 0.6) is 0 Å². The number of amidine groups is 1. The molecular formula is C9H9ClN2S3. The first-order chi connectivity index (χ1) is 7.31. The highest BCUT2D eigenvalue weighted by Crippen LogP contribution is 2.42. The number of hydrogen-bond donors (Lipinski definition) is 1. The van der Waals surface area contributed by atoms with E-state index in [-0.39, 0.29) is 0 Å². The Balaban J connectivity index is 1.72. The molecular weight excluding hydrogens is 268 g/mol. The van der Waals surface area contributed by atoms with E-state index in [4.69, 9.17) is 11.6 Å². The van der Waals surface area contributed by atoms with Crippen molar-refractivity contribution in [2.24, 2.45) is 10.9 Å². The molecule has 0 unspecified atom stereocenters. The number of thioether (sulfide) groups is 1. The predicted octanol–water partition coefficient (Wildman–Crippen LogP) is 4.14. The molecule has 0 atom stereocenters. The molecule has 0 radical (unpaired) electrons. The summed E-state index contributed by atoms with van der Waals surface area (Å²) in [6.45, 7) is 0. The SMILES string of the molecule is Clc1cc2c(s1)SNC(SCC1CC1)=N2. The van der Waals surface area contributed by atoms with Gasteiger partial charge >= 0.3 is 0 Å². The largest absolute Gasteiger partial charge is 0.304 e. The summed E-state index contributed by atoms with van der Waals surface area (Å²) in [6, 6.07) is 1.94. The summed E-state index contributed by atoms with van der Waals surface area (Å²) in [5, 5.41) is 1.02. The number of halogens is 1. The second kappa shape index (κ2) is 4.20. The number of nitrogens with one attached hydrogen (secondary N) is 1. The van der Waals surface area contributed by atoms with Crippen LogP contribution < -0.4 is 4.72 Å². The van der Waals surface area contributed by atoms with Crippen molar-refractivity contribution in [3.63, 3.8) is 0 Å². The lowest BCUT2D eigenvalue weighted by Crippen LogP contribution is -2.14. The van der Waals surface area contributed by atoms with Crippen LogP contribution in [0.2, 0.25) is 4.34 Å². The van der Waals surface area contributed by atoms with Crippen molar-refractivity contribution < 1.29 is 0 Å². The first-order valence-electron chi connectivity index (χ1n) is 4.75. The molecule has 0 spiro atoms. The molecule has 1 fully saturated rings. The van der Waals surface area contributed by atoms with Crippen molar-refractivity contribution in [3.8, 4) is 0 Å². The number of rotatable bonds is 2. The molecule has 0 saturated heterocycles. The Kier molecular flexibility index (Phi) is 2.89. The van der Waals surface area contributed by atoms with Crippen molar-refractivity contribution in [2.75, 3.05) is 5.75 Å². The van der Waals surface area contributed by atoms with E-state index in [0.717, 1.165) is 25.3 Å². The molecule has 2 heterocycles. The molecule has 1 N–H and O–H groups in total. The lowest BCUT2D eigenvalue weighted by molar-refractivity contribution is 1.00. The fourth-order valence-corrected chi connectivity index (χ4v) is 4.53. The van der Waals surface area contributed by atoms with Crippen molar-refractivity contribution >= 4 is 57.5 Å². The molecule has 0 bridgehead atoms. The first kappa shape index (κ1) is 10.3. The number of aliphatic imine (C=N–C) groups is 1. The van der Waals surface area contributed by atoms with Gasteiger partial charge in [0.2, 0.25) is 0 Å².